The summed E-state index contributed by atoms with van der Waals surface area (Å²) >= 11 is 0. The number of rotatable bonds is 7. The molecule has 1 aromatic carbocycles. The van der Waals surface area contributed by atoms with Gasteiger partial charge in [-0.1, -0.05) is 19.9 Å². The van der Waals surface area contributed by atoms with Crippen molar-refractivity contribution in [3.63, 3.8) is 0 Å². The molecule has 2 aliphatic rings. The van der Waals surface area contributed by atoms with Gasteiger partial charge in [0.15, 0.2) is 0 Å². The van der Waals surface area contributed by atoms with Crippen LogP contribution in [0.5, 0.6) is 5.75 Å². The Labute approximate surface area is 156 Å². The van der Waals surface area contributed by atoms with E-state index in [1.165, 1.54) is 11.1 Å². The first kappa shape index (κ1) is 19.1. The molecule has 1 amide bonds. The molecule has 0 aromatic heterocycles. The molecule has 2 bridgehead atoms. The van der Waals surface area contributed by atoms with Gasteiger partial charge in [0.25, 0.3) is 0 Å². The fraction of sp³-hybridized carbons (Fsp3) is 0.650. The predicted octanol–water partition coefficient (Wildman–Crippen LogP) is 1.48. The van der Waals surface area contributed by atoms with Crippen LogP contribution in [0.1, 0.15) is 25.0 Å². The maximum Gasteiger partial charge on any atom is 0.227 e. The molecule has 6 nitrogen and oxygen atoms in total. The van der Waals surface area contributed by atoms with E-state index < -0.39 is 0 Å². The van der Waals surface area contributed by atoms with Gasteiger partial charge in [0.2, 0.25) is 5.91 Å². The quantitative estimate of drug-likeness (QED) is 0.797. The number of ether oxygens (including phenoxy) is 2. The van der Waals surface area contributed by atoms with Crippen LogP contribution in [0.15, 0.2) is 18.2 Å². The lowest BCUT2D eigenvalue weighted by Gasteiger charge is -2.28. The number of hydrogen-bond acceptors (Lipinski definition) is 5. The molecular weight excluding hydrogens is 330 g/mol. The molecule has 0 radical (unpaired) electrons. The fourth-order valence-corrected chi connectivity index (χ4v) is 3.85. The third-order valence-electron chi connectivity index (χ3n) is 5.35. The lowest BCUT2D eigenvalue weighted by atomic mass is 10.1. The molecule has 6 heteroatoms. The highest BCUT2D eigenvalue weighted by Crippen LogP contribution is 2.23. The monoisotopic (exact) mass is 361 g/mol. The molecule has 2 saturated heterocycles. The highest BCUT2D eigenvalue weighted by Gasteiger charge is 2.33. The van der Waals surface area contributed by atoms with Crippen molar-refractivity contribution >= 4 is 5.91 Å². The van der Waals surface area contributed by atoms with E-state index in [9.17, 15) is 4.79 Å². The molecule has 26 heavy (non-hydrogen) atoms. The van der Waals surface area contributed by atoms with E-state index in [0.717, 1.165) is 45.0 Å². The third kappa shape index (κ3) is 4.55. The number of fused-ring (bicyclic) bond motifs is 3. The summed E-state index contributed by atoms with van der Waals surface area (Å²) in [5.41, 5.74) is 2.49. The predicted molar refractivity (Wildman–Crippen MR) is 101 cm³/mol. The molecule has 2 heterocycles. The van der Waals surface area contributed by atoms with Gasteiger partial charge in [-0.2, -0.15) is 0 Å². The summed E-state index contributed by atoms with van der Waals surface area (Å²) in [7, 11) is 1.73. The molecule has 2 aliphatic heterocycles. The normalized spacial score (nSPS) is 23.6. The highest BCUT2D eigenvalue weighted by molar-refractivity contribution is 5.79. The van der Waals surface area contributed by atoms with Gasteiger partial charge in [0.05, 0.1) is 32.3 Å². The van der Waals surface area contributed by atoms with E-state index in [4.69, 9.17) is 9.47 Å². The molecule has 1 aromatic rings. The average molecular weight is 361 g/mol. The second-order valence-electron chi connectivity index (χ2n) is 7.24. The Hall–Kier alpha value is -1.63. The number of carbonyl (C=O) groups is 1. The van der Waals surface area contributed by atoms with Gasteiger partial charge in [0, 0.05) is 31.7 Å². The van der Waals surface area contributed by atoms with Gasteiger partial charge < -0.3 is 14.8 Å². The molecule has 0 unspecified atom stereocenters. The molecular formula is C20H31N3O3. The fourth-order valence-electron chi connectivity index (χ4n) is 3.85. The summed E-state index contributed by atoms with van der Waals surface area (Å²) in [4.78, 5) is 16.9. The summed E-state index contributed by atoms with van der Waals surface area (Å²) < 4.78 is 11.2. The third-order valence-corrected chi connectivity index (χ3v) is 5.35. The van der Waals surface area contributed by atoms with Gasteiger partial charge in [-0.3, -0.25) is 14.6 Å². The minimum Gasteiger partial charge on any atom is -0.496 e. The van der Waals surface area contributed by atoms with E-state index >= 15 is 0 Å². The van der Waals surface area contributed by atoms with Gasteiger partial charge in [-0.25, -0.2) is 0 Å². The molecule has 1 N–H and O–H groups in total. The van der Waals surface area contributed by atoms with Crippen molar-refractivity contribution < 1.29 is 14.3 Å². The van der Waals surface area contributed by atoms with E-state index in [2.05, 4.69) is 47.2 Å². The first-order valence-corrected chi connectivity index (χ1v) is 9.61. The Morgan fingerprint density at radius 1 is 1.27 bits per heavy atom. The molecule has 0 aliphatic carbocycles. The van der Waals surface area contributed by atoms with Crippen LogP contribution in [0.4, 0.5) is 0 Å². The smallest absolute Gasteiger partial charge is 0.227 e. The molecule has 2 fully saturated rings. The minimum absolute atomic E-state index is 0.0732. The van der Waals surface area contributed by atoms with E-state index in [1.54, 1.807) is 7.11 Å². The molecule has 2 atom stereocenters. The molecule has 0 saturated carbocycles. The number of nitrogens with one attached hydrogen (secondary N) is 1. The maximum absolute atomic E-state index is 12.2. The zero-order chi connectivity index (χ0) is 18.5. The van der Waals surface area contributed by atoms with Crippen LogP contribution in [0.25, 0.3) is 0 Å². The number of methoxy groups -OCH3 is 1. The van der Waals surface area contributed by atoms with Gasteiger partial charge in [-0.15, -0.1) is 0 Å². The van der Waals surface area contributed by atoms with Crippen LogP contribution in [-0.4, -0.2) is 68.3 Å². The SMILES string of the molecule is CCN(CC)Cc1cc(CN2C[C@H]3COC[C@@H](C2)C(=O)N3)ccc1OC. The Kier molecular flexibility index (Phi) is 6.51. The van der Waals surface area contributed by atoms with Crippen molar-refractivity contribution in [2.45, 2.75) is 33.0 Å². The standard InChI is InChI=1S/C20H31N3O3/c1-4-22(5-2)10-16-8-15(6-7-19(16)25-3)9-23-11-17-13-26-14-18(12-23)21-20(17)24/h6-8,17-18H,4-5,9-14H2,1-3H3,(H,21,24)/t17-,18+/m1/s1. The number of amides is 1. The van der Waals surface area contributed by atoms with Gasteiger partial charge in [-0.05, 0) is 30.8 Å². The van der Waals surface area contributed by atoms with E-state index in [0.29, 0.717) is 13.2 Å². The van der Waals surface area contributed by atoms with Crippen LogP contribution in [0, 0.1) is 5.92 Å². The van der Waals surface area contributed by atoms with Crippen LogP contribution in [0.2, 0.25) is 0 Å². The zero-order valence-electron chi connectivity index (χ0n) is 16.2. The summed E-state index contributed by atoms with van der Waals surface area (Å²) in [6.45, 7) is 10.9. The summed E-state index contributed by atoms with van der Waals surface area (Å²) in [5.74, 6) is 1.00. The number of carbonyl (C=O) groups excluding carboxylic acids is 1. The summed E-state index contributed by atoms with van der Waals surface area (Å²) in [6, 6.07) is 6.54. The highest BCUT2D eigenvalue weighted by atomic mass is 16.5. The molecule has 144 valence electrons. The summed E-state index contributed by atoms with van der Waals surface area (Å²) in [6.07, 6.45) is 0. The average Bonchev–Trinajstić information content (AvgIpc) is 2.88. The first-order chi connectivity index (χ1) is 12.6. The van der Waals surface area contributed by atoms with Crippen molar-refractivity contribution in [2.24, 2.45) is 5.92 Å². The van der Waals surface area contributed by atoms with E-state index in [-0.39, 0.29) is 17.9 Å². The Morgan fingerprint density at radius 2 is 2.08 bits per heavy atom. The Bertz CT molecular complexity index is 618. The minimum atomic E-state index is -0.0732. The second-order valence-corrected chi connectivity index (χ2v) is 7.24. The topological polar surface area (TPSA) is 54.0 Å². The number of hydrogen-bond donors (Lipinski definition) is 1. The van der Waals surface area contributed by atoms with Crippen molar-refractivity contribution in [1.29, 1.82) is 0 Å². The lowest BCUT2D eigenvalue weighted by molar-refractivity contribution is -0.125. The van der Waals surface area contributed by atoms with Crippen molar-refractivity contribution in [2.75, 3.05) is 46.5 Å². The van der Waals surface area contributed by atoms with Gasteiger partial charge >= 0.3 is 0 Å². The lowest BCUT2D eigenvalue weighted by Crippen LogP contribution is -2.41. The Balaban J connectivity index is 1.74. The van der Waals surface area contributed by atoms with Crippen LogP contribution in [0.3, 0.4) is 0 Å². The first-order valence-electron chi connectivity index (χ1n) is 9.61. The second kappa shape index (κ2) is 8.84. The van der Waals surface area contributed by atoms with Crippen LogP contribution >= 0.6 is 0 Å². The van der Waals surface area contributed by atoms with Gasteiger partial charge in [0.1, 0.15) is 5.75 Å². The summed E-state index contributed by atoms with van der Waals surface area (Å²) in [5, 5.41) is 3.10. The van der Waals surface area contributed by atoms with E-state index in [1.807, 2.05) is 0 Å². The number of benzene rings is 1. The Morgan fingerprint density at radius 3 is 2.81 bits per heavy atom. The number of nitrogens with zero attached hydrogens (tertiary/aromatic N) is 2. The van der Waals surface area contributed by atoms with Crippen molar-refractivity contribution in [3.05, 3.63) is 29.3 Å². The van der Waals surface area contributed by atoms with Crippen LogP contribution in [-0.2, 0) is 22.6 Å². The largest absolute Gasteiger partial charge is 0.496 e. The van der Waals surface area contributed by atoms with Crippen LogP contribution < -0.4 is 10.1 Å². The van der Waals surface area contributed by atoms with Crippen molar-refractivity contribution in [1.82, 2.24) is 15.1 Å². The molecule has 3 rings (SSSR count). The maximum atomic E-state index is 12.2. The zero-order valence-corrected chi connectivity index (χ0v) is 16.2. The van der Waals surface area contributed by atoms with Crippen molar-refractivity contribution in [3.8, 4) is 5.75 Å². The molecule has 0 spiro atoms.